The van der Waals surface area contributed by atoms with Crippen LogP contribution in [-0.4, -0.2) is 34.9 Å². The zero-order valence-electron chi connectivity index (χ0n) is 36.6. The van der Waals surface area contributed by atoms with Crippen LogP contribution < -0.4 is 5.32 Å². The van der Waals surface area contributed by atoms with Gasteiger partial charge in [0.05, 0.1) is 18.8 Å². The van der Waals surface area contributed by atoms with Gasteiger partial charge >= 0.3 is 0 Å². The predicted octanol–water partition coefficient (Wildman–Crippen LogP) is 15.6. The highest BCUT2D eigenvalue weighted by Gasteiger charge is 2.20. The van der Waals surface area contributed by atoms with Crippen LogP contribution in [0.3, 0.4) is 0 Å². The Labute approximate surface area is 334 Å². The van der Waals surface area contributed by atoms with Crippen molar-refractivity contribution in [3.8, 4) is 0 Å². The standard InChI is InChI=1S/C49H99NO3/c1-3-5-7-9-11-13-15-17-18-19-20-21-22-23-24-25-26-27-28-29-30-31-32-33-35-37-39-41-43-45-49(53)50-47(46-51)48(52)44-42-40-38-36-34-16-14-12-10-8-6-4-2/h47-48,51-52H,3-46H2,1-2H3,(H,50,53)/t47-,48+/m0/s1. The van der Waals surface area contributed by atoms with Crippen molar-refractivity contribution >= 4 is 5.91 Å². The lowest BCUT2D eigenvalue weighted by Crippen LogP contribution is -2.45. The zero-order chi connectivity index (χ0) is 38.6. The van der Waals surface area contributed by atoms with Crippen LogP contribution in [0.1, 0.15) is 290 Å². The molecule has 53 heavy (non-hydrogen) atoms. The summed E-state index contributed by atoms with van der Waals surface area (Å²) in [4.78, 5) is 12.4. The highest BCUT2D eigenvalue weighted by atomic mass is 16.3. The van der Waals surface area contributed by atoms with Crippen molar-refractivity contribution in [2.24, 2.45) is 0 Å². The van der Waals surface area contributed by atoms with Gasteiger partial charge in [-0.2, -0.15) is 0 Å². The quantitative estimate of drug-likeness (QED) is 0.0543. The summed E-state index contributed by atoms with van der Waals surface area (Å²) < 4.78 is 0. The van der Waals surface area contributed by atoms with Crippen LogP contribution in [0, 0.1) is 0 Å². The van der Waals surface area contributed by atoms with E-state index in [1.807, 2.05) is 0 Å². The summed E-state index contributed by atoms with van der Waals surface area (Å²) in [6.45, 7) is 4.38. The molecule has 0 spiro atoms. The van der Waals surface area contributed by atoms with Crippen molar-refractivity contribution in [3.63, 3.8) is 0 Å². The van der Waals surface area contributed by atoms with E-state index in [-0.39, 0.29) is 12.5 Å². The van der Waals surface area contributed by atoms with Gasteiger partial charge in [-0.1, -0.05) is 271 Å². The van der Waals surface area contributed by atoms with Crippen molar-refractivity contribution < 1.29 is 15.0 Å². The van der Waals surface area contributed by atoms with E-state index in [4.69, 9.17) is 0 Å². The van der Waals surface area contributed by atoms with E-state index in [1.54, 1.807) is 0 Å². The Hall–Kier alpha value is -0.610. The number of hydrogen-bond acceptors (Lipinski definition) is 3. The van der Waals surface area contributed by atoms with Crippen molar-refractivity contribution in [2.75, 3.05) is 6.61 Å². The minimum atomic E-state index is -0.652. The summed E-state index contributed by atoms with van der Waals surface area (Å²) in [7, 11) is 0. The molecule has 4 nitrogen and oxygen atoms in total. The van der Waals surface area contributed by atoms with Gasteiger partial charge in [0.2, 0.25) is 5.91 Å². The Morgan fingerprint density at radius 1 is 0.377 bits per heavy atom. The first kappa shape index (κ1) is 52.4. The minimum absolute atomic E-state index is 0.0252. The van der Waals surface area contributed by atoms with Crippen molar-refractivity contribution in [1.82, 2.24) is 5.32 Å². The number of hydrogen-bond donors (Lipinski definition) is 3. The van der Waals surface area contributed by atoms with Crippen LogP contribution in [-0.2, 0) is 4.79 Å². The molecule has 0 fully saturated rings. The molecule has 0 aromatic heterocycles. The SMILES string of the molecule is CCCCCCCCCCCCCCCCCCCCCCCCCCCCCCCC(=O)N[C@@H](CO)[C@H](O)CCCCCCCCCCCCCC. The Balaban J connectivity index is 3.37. The van der Waals surface area contributed by atoms with E-state index in [1.165, 1.54) is 238 Å². The lowest BCUT2D eigenvalue weighted by Gasteiger charge is -2.22. The van der Waals surface area contributed by atoms with Gasteiger partial charge in [-0.3, -0.25) is 4.79 Å². The summed E-state index contributed by atoms with van der Waals surface area (Å²) in [5.74, 6) is -0.0252. The van der Waals surface area contributed by atoms with E-state index in [2.05, 4.69) is 19.2 Å². The topological polar surface area (TPSA) is 69.6 Å². The van der Waals surface area contributed by atoms with E-state index >= 15 is 0 Å². The molecule has 0 radical (unpaired) electrons. The molecule has 3 N–H and O–H groups in total. The summed E-state index contributed by atoms with van der Waals surface area (Å²) in [5, 5.41) is 23.2. The fourth-order valence-corrected chi connectivity index (χ4v) is 8.07. The molecule has 2 atom stereocenters. The highest BCUT2D eigenvalue weighted by Crippen LogP contribution is 2.18. The fraction of sp³-hybridized carbons (Fsp3) is 0.980. The maximum absolute atomic E-state index is 12.4. The second-order valence-corrected chi connectivity index (χ2v) is 17.3. The number of carbonyl (C=O) groups is 1. The van der Waals surface area contributed by atoms with Gasteiger partial charge in [0.25, 0.3) is 0 Å². The van der Waals surface area contributed by atoms with Crippen molar-refractivity contribution in [2.45, 2.75) is 302 Å². The largest absolute Gasteiger partial charge is 0.394 e. The van der Waals surface area contributed by atoms with Gasteiger partial charge in [0.15, 0.2) is 0 Å². The first-order chi connectivity index (χ1) is 26.2. The van der Waals surface area contributed by atoms with Gasteiger partial charge < -0.3 is 15.5 Å². The fourth-order valence-electron chi connectivity index (χ4n) is 8.07. The maximum Gasteiger partial charge on any atom is 0.220 e. The number of aliphatic hydroxyl groups is 2. The number of nitrogens with one attached hydrogen (secondary N) is 1. The molecule has 0 rings (SSSR count). The van der Waals surface area contributed by atoms with Gasteiger partial charge in [0, 0.05) is 6.42 Å². The van der Waals surface area contributed by atoms with Crippen LogP contribution >= 0.6 is 0 Å². The van der Waals surface area contributed by atoms with Crippen LogP contribution in [0.15, 0.2) is 0 Å². The van der Waals surface area contributed by atoms with Crippen LogP contribution in [0.5, 0.6) is 0 Å². The van der Waals surface area contributed by atoms with Crippen LogP contribution in [0.25, 0.3) is 0 Å². The molecule has 0 saturated heterocycles. The van der Waals surface area contributed by atoms with Crippen LogP contribution in [0.2, 0.25) is 0 Å². The summed E-state index contributed by atoms with van der Waals surface area (Å²) in [6, 6.07) is -0.529. The number of carbonyl (C=O) groups excluding carboxylic acids is 1. The summed E-state index contributed by atoms with van der Waals surface area (Å²) in [5.41, 5.74) is 0. The Morgan fingerprint density at radius 2 is 0.604 bits per heavy atom. The lowest BCUT2D eigenvalue weighted by molar-refractivity contribution is -0.123. The number of amides is 1. The number of aliphatic hydroxyl groups excluding tert-OH is 2. The minimum Gasteiger partial charge on any atom is -0.394 e. The third-order valence-electron chi connectivity index (χ3n) is 11.9. The highest BCUT2D eigenvalue weighted by molar-refractivity contribution is 5.76. The smallest absolute Gasteiger partial charge is 0.220 e. The summed E-state index contributed by atoms with van der Waals surface area (Å²) >= 11 is 0. The number of rotatable bonds is 46. The van der Waals surface area contributed by atoms with Crippen molar-refractivity contribution in [3.05, 3.63) is 0 Å². The zero-order valence-corrected chi connectivity index (χ0v) is 36.6. The van der Waals surface area contributed by atoms with Crippen molar-refractivity contribution in [1.29, 1.82) is 0 Å². The summed E-state index contributed by atoms with van der Waals surface area (Å²) in [6.07, 6.45) is 56.4. The molecule has 0 saturated carbocycles. The maximum atomic E-state index is 12.4. The normalized spacial score (nSPS) is 12.8. The molecular formula is C49H99NO3. The van der Waals surface area contributed by atoms with Gasteiger partial charge in [-0.25, -0.2) is 0 Å². The average Bonchev–Trinajstić information content (AvgIpc) is 3.16. The average molecular weight is 750 g/mol. The molecule has 4 heteroatoms. The Kier molecular flexibility index (Phi) is 45.3. The van der Waals surface area contributed by atoms with Gasteiger partial charge in [-0.15, -0.1) is 0 Å². The first-order valence-electron chi connectivity index (χ1n) is 24.7. The molecule has 0 aliphatic carbocycles. The molecule has 0 unspecified atom stereocenters. The predicted molar refractivity (Wildman–Crippen MR) is 235 cm³/mol. The molecule has 318 valence electrons. The second kappa shape index (κ2) is 45.8. The molecular weight excluding hydrogens is 651 g/mol. The second-order valence-electron chi connectivity index (χ2n) is 17.3. The molecule has 0 aliphatic heterocycles. The number of unbranched alkanes of at least 4 members (excludes halogenated alkanes) is 39. The molecule has 0 aromatic rings. The van der Waals surface area contributed by atoms with E-state index in [0.29, 0.717) is 12.8 Å². The van der Waals surface area contributed by atoms with E-state index < -0.39 is 12.1 Å². The third-order valence-corrected chi connectivity index (χ3v) is 11.9. The monoisotopic (exact) mass is 750 g/mol. The molecule has 1 amide bonds. The van der Waals surface area contributed by atoms with E-state index in [0.717, 1.165) is 25.7 Å². The van der Waals surface area contributed by atoms with Gasteiger partial charge in [0.1, 0.15) is 0 Å². The lowest BCUT2D eigenvalue weighted by atomic mass is 10.0. The van der Waals surface area contributed by atoms with Crippen LogP contribution in [0.4, 0.5) is 0 Å². The first-order valence-corrected chi connectivity index (χ1v) is 24.7. The molecule has 0 bridgehead atoms. The van der Waals surface area contributed by atoms with Gasteiger partial charge in [-0.05, 0) is 12.8 Å². The Bertz CT molecular complexity index is 685. The Morgan fingerprint density at radius 3 is 0.849 bits per heavy atom. The molecule has 0 aliphatic rings. The molecule has 0 heterocycles. The third kappa shape index (κ3) is 42.4. The van der Waals surface area contributed by atoms with E-state index in [9.17, 15) is 15.0 Å². The molecule has 0 aromatic carbocycles.